The van der Waals surface area contributed by atoms with Gasteiger partial charge in [0.15, 0.2) is 27.8 Å². The first-order valence-electron chi connectivity index (χ1n) is 21.4. The van der Waals surface area contributed by atoms with Crippen molar-refractivity contribution in [3.8, 4) is 5.75 Å². The van der Waals surface area contributed by atoms with Crippen LogP contribution in [-0.2, 0) is 42.5 Å². The summed E-state index contributed by atoms with van der Waals surface area (Å²) in [7, 11) is 18.9. The van der Waals surface area contributed by atoms with Gasteiger partial charge in [-0.2, -0.15) is 20.4 Å². The number of ether oxygens (including phenoxy) is 7. The van der Waals surface area contributed by atoms with Crippen LogP contribution in [0.2, 0.25) is 10.3 Å². The van der Waals surface area contributed by atoms with Crippen LogP contribution in [0.4, 0.5) is 5.82 Å². The fourth-order valence-electron chi connectivity index (χ4n) is 5.01. The van der Waals surface area contributed by atoms with Crippen molar-refractivity contribution in [1.82, 2.24) is 54.0 Å². The van der Waals surface area contributed by atoms with Crippen LogP contribution in [0.5, 0.6) is 5.75 Å². The Labute approximate surface area is 491 Å². The summed E-state index contributed by atoms with van der Waals surface area (Å²) >= 11 is 23.7. The average molecular weight is 1310 g/mol. The molecule has 0 aromatic carbocycles. The minimum atomic E-state index is -3.22. The van der Waals surface area contributed by atoms with Crippen molar-refractivity contribution in [2.24, 2.45) is 0 Å². The number of nitrogens with two attached hydrogens (primary N) is 1. The number of aromatic amines is 2. The van der Waals surface area contributed by atoms with Gasteiger partial charge in [0, 0.05) is 23.5 Å². The van der Waals surface area contributed by atoms with Gasteiger partial charge in [0.05, 0.1) is 78.7 Å². The number of esters is 5. The molecular weight excluding hydrogens is 1250 g/mol. The van der Waals surface area contributed by atoms with Gasteiger partial charge in [0.1, 0.15) is 39.5 Å². The lowest BCUT2D eigenvalue weighted by molar-refractivity contribution is -0.139. The molecule has 0 aliphatic carbocycles. The third kappa shape index (κ3) is 25.5. The minimum Gasteiger partial charge on any atom is -0.504 e. The van der Waals surface area contributed by atoms with Crippen molar-refractivity contribution < 1.29 is 66.8 Å². The molecule has 434 valence electrons. The van der Waals surface area contributed by atoms with E-state index >= 15 is 0 Å². The van der Waals surface area contributed by atoms with Crippen LogP contribution in [0, 0.1) is 21.3 Å². The molecule has 0 fully saturated rings. The van der Waals surface area contributed by atoms with Gasteiger partial charge in [0.25, 0.3) is 5.56 Å². The molecule has 7 heterocycles. The van der Waals surface area contributed by atoms with E-state index in [0.29, 0.717) is 40.8 Å². The second kappa shape index (κ2) is 37.2. The first-order chi connectivity index (χ1) is 36.6. The Kier molecular flexibility index (Phi) is 34.5. The smallest absolute Gasteiger partial charge is 0.504 e. The number of nitrogen functional groups attached to an aromatic ring is 1. The number of fused-ring (bicyclic) bond motifs is 3. The monoisotopic (exact) mass is 1300 g/mol. The van der Waals surface area contributed by atoms with E-state index in [1.807, 2.05) is 6.92 Å². The largest absolute Gasteiger partial charge is 0.643 e. The number of hydrogen-bond acceptors (Lipinski definition) is 22. The average Bonchev–Trinajstić information content (AvgIpc) is 4.19. The Bertz CT molecular complexity index is 3130. The van der Waals surface area contributed by atoms with Gasteiger partial charge in [-0.25, -0.2) is 77.6 Å². The van der Waals surface area contributed by atoms with Crippen molar-refractivity contribution in [3.63, 3.8) is 0 Å². The summed E-state index contributed by atoms with van der Waals surface area (Å²) in [5, 5.41) is 24.2. The van der Waals surface area contributed by atoms with Gasteiger partial charge in [-0.05, 0) is 75.3 Å². The Morgan fingerprint density at radius 1 is 0.684 bits per heavy atom. The SMILES string of the molecule is CCOC(=O)c1cn[nH]c1N.CCOC(=O)c1cnn2cc(C)c(=O)[nH]c12.CCOC(=O)c1cnn2cc(C)c(Cl)nc12.CCOC(=O)c1cnn2cc(O)c(Cl)nc12.CO/C=C(\OC)C(=O)OC.O=P(Cl)(Cl)Cl.[CH3-].[Cl][Al]([Cl])[Cl]. The number of aryl methyl sites for hydroxylation is 2. The number of anilines is 1. The van der Waals surface area contributed by atoms with Crippen molar-refractivity contribution in [2.75, 3.05) is 53.5 Å². The minimum absolute atomic E-state index is 0. The number of hydrogen-bond donors (Lipinski definition) is 4. The van der Waals surface area contributed by atoms with Crippen LogP contribution in [0.25, 0.3) is 16.9 Å². The van der Waals surface area contributed by atoms with E-state index in [1.54, 1.807) is 47.0 Å². The van der Waals surface area contributed by atoms with E-state index in [4.69, 9.17) is 73.3 Å². The van der Waals surface area contributed by atoms with Gasteiger partial charge in [-0.1, -0.05) is 23.2 Å². The summed E-state index contributed by atoms with van der Waals surface area (Å²) in [5.74, 6) is -2.36. The number of methoxy groups -OCH3 is 3. The van der Waals surface area contributed by atoms with E-state index in [1.165, 1.54) is 72.1 Å². The first-order valence-corrected chi connectivity index (χ1v) is 31.8. The molecule has 7 rings (SSSR count). The van der Waals surface area contributed by atoms with Gasteiger partial charge in [-0.15, -0.1) is 0 Å². The summed E-state index contributed by atoms with van der Waals surface area (Å²) in [6, 6.07) is 0. The molecule has 27 nitrogen and oxygen atoms in total. The highest BCUT2D eigenvalue weighted by molar-refractivity contribution is 8.24. The number of nitrogens with one attached hydrogen (secondary N) is 2. The van der Waals surface area contributed by atoms with E-state index in [0.717, 1.165) is 5.56 Å². The molecule has 0 bridgehead atoms. The highest BCUT2D eigenvalue weighted by Gasteiger charge is 2.19. The lowest BCUT2D eigenvalue weighted by Gasteiger charge is -2.01. The quantitative estimate of drug-likeness (QED) is 0.0137. The van der Waals surface area contributed by atoms with Crippen molar-refractivity contribution in [3.05, 3.63) is 117 Å². The lowest BCUT2D eigenvalue weighted by atomic mass is 10.3. The number of aromatic nitrogens is 11. The summed E-state index contributed by atoms with van der Waals surface area (Å²) in [4.78, 5) is 78.1. The molecule has 0 saturated carbocycles. The summed E-state index contributed by atoms with van der Waals surface area (Å²) < 4.78 is 46.5. The Morgan fingerprint density at radius 3 is 1.51 bits per heavy atom. The second-order valence-corrected chi connectivity index (χ2v) is 27.3. The number of rotatable bonds is 11. The van der Waals surface area contributed by atoms with Crippen LogP contribution < -0.4 is 11.3 Å². The molecule has 0 amide bonds. The molecule has 0 saturated heterocycles. The van der Waals surface area contributed by atoms with Gasteiger partial charge >= 0.3 is 46.4 Å². The molecule has 0 aliphatic rings. The number of aromatic hydroxyl groups is 1. The maximum Gasteiger partial charge on any atom is 0.643 e. The predicted molar refractivity (Wildman–Crippen MR) is 299 cm³/mol. The topological polar surface area (TPSA) is 353 Å². The Morgan fingerprint density at radius 2 is 1.09 bits per heavy atom. The highest BCUT2D eigenvalue weighted by Crippen LogP contribution is 2.61. The first kappa shape index (κ1) is 73.2. The molecule has 37 heteroatoms. The number of nitrogens with zero attached hydrogens (tertiary/aromatic N) is 9. The third-order valence-corrected chi connectivity index (χ3v) is 8.89. The number of carbonyl (C=O) groups is 5. The van der Waals surface area contributed by atoms with Crippen LogP contribution in [0.3, 0.4) is 0 Å². The number of halogens is 8. The molecule has 0 aliphatic heterocycles. The summed E-state index contributed by atoms with van der Waals surface area (Å²) in [6.45, 7) is 11.6. The van der Waals surface area contributed by atoms with E-state index < -0.39 is 46.4 Å². The van der Waals surface area contributed by atoms with E-state index in [-0.39, 0.29) is 71.0 Å². The zero-order valence-electron chi connectivity index (χ0n) is 43.3. The molecular formula is C42H51AlCl8N12O15P-. The summed E-state index contributed by atoms with van der Waals surface area (Å²) in [5.41, 5.74) is 8.55. The zero-order valence-corrected chi connectivity index (χ0v) is 51.4. The van der Waals surface area contributed by atoms with Crippen LogP contribution in [-0.4, -0.2) is 148 Å². The summed E-state index contributed by atoms with van der Waals surface area (Å²) in [6.07, 6.45) is 11.2. The van der Waals surface area contributed by atoms with Crippen molar-refractivity contribution in [1.29, 1.82) is 0 Å². The van der Waals surface area contributed by atoms with Crippen LogP contribution >= 0.6 is 92.3 Å². The molecule has 5 N–H and O–H groups in total. The second-order valence-electron chi connectivity index (χ2n) is 13.5. The molecule has 7 aromatic rings. The Balaban J connectivity index is 0.000000933. The van der Waals surface area contributed by atoms with Crippen molar-refractivity contribution >= 4 is 156 Å². The highest BCUT2D eigenvalue weighted by atomic mass is 36.0. The van der Waals surface area contributed by atoms with Gasteiger partial charge < -0.3 is 56.4 Å². The van der Waals surface area contributed by atoms with E-state index in [2.05, 4.69) is 93.1 Å². The predicted octanol–water partition coefficient (Wildman–Crippen LogP) is 9.05. The number of carbonyl (C=O) groups excluding carboxylic acids is 5. The maximum absolute atomic E-state index is 11.6. The fraction of sp³-hybridized carbons (Fsp3) is 0.310. The maximum atomic E-state index is 11.6. The lowest BCUT2D eigenvalue weighted by Crippen LogP contribution is -2.13. The van der Waals surface area contributed by atoms with Crippen LogP contribution in [0.15, 0.2) is 60.2 Å². The molecule has 79 heavy (non-hydrogen) atoms. The normalized spacial score (nSPS) is 10.2. The number of H-pyrrole nitrogens is 2. The van der Waals surface area contributed by atoms with Crippen LogP contribution in [0.1, 0.15) is 80.3 Å². The molecule has 0 unspecified atom stereocenters. The molecule has 0 atom stereocenters. The van der Waals surface area contributed by atoms with Gasteiger partial charge in [-0.3, -0.25) is 14.5 Å². The standard InChI is InChI=1S/C10H10ClN3O2.C10H11N3O3.C9H8ClN3O3.C6H9N3O2.C6H10O4.CH3.Al.Cl3OP.3ClH/c1-3-16-10(15)7-4-12-14-5-6(2)8(11)13-9(7)14;1-3-16-10(15)7-4-11-13-5-6(2)9(14)12-8(7)13;1-2-16-9(15)5-3-11-13-4-6(14)7(10)12-8(5)13;1-2-11-6(10)4-3-8-9-5(4)7;1-8-4-5(9-2)6(7)10-3;;;1-5(2,3)4;;;/h4-5H,3H2,1-2H3;4-5H,3H2,1-2H3,(H,12,14);3-4,14H,2H2,1H3;3H,2H2,1H3,(H3,7,8,9);4H,1-3H3;1H3;;;3*1H/q;;;;;-1;+3;;;;/p-3/b;;;;5-4-;;;;;;. The molecule has 7 aromatic heterocycles. The molecule has 0 radical (unpaired) electrons. The van der Waals surface area contributed by atoms with Crippen molar-refractivity contribution in [2.45, 2.75) is 41.5 Å². The third-order valence-electron chi connectivity index (χ3n) is 8.23. The zero-order chi connectivity index (χ0) is 59.4. The Hall–Kier alpha value is -5.76. The van der Waals surface area contributed by atoms with E-state index in [9.17, 15) is 38.4 Å². The fourth-order valence-corrected chi connectivity index (χ4v) is 5.27. The van der Waals surface area contributed by atoms with Gasteiger partial charge in [0.2, 0.25) is 5.76 Å². The molecule has 0 spiro atoms.